The molecule has 2 N–H and O–H groups in total. The van der Waals surface area contributed by atoms with E-state index in [0.717, 1.165) is 0 Å². The second-order valence-corrected chi connectivity index (χ2v) is 0.611. The molecule has 0 saturated heterocycles. The van der Waals surface area contributed by atoms with Crippen LogP contribution in [-0.2, 0) is 4.79 Å². The van der Waals surface area contributed by atoms with E-state index in [1.54, 1.807) is 0 Å². The molecule has 0 saturated carbocycles. The van der Waals surface area contributed by atoms with Gasteiger partial charge >= 0.3 is 17.4 Å². The van der Waals surface area contributed by atoms with Gasteiger partial charge in [0.25, 0.3) is 0 Å². The number of rotatable bonds is 0. The first kappa shape index (κ1) is 36.7. The number of amides is 1. The average Bonchev–Trinajstić information content (AvgIpc) is 0.811. The van der Waals surface area contributed by atoms with Crippen LogP contribution in [0.1, 0.15) is 6.92 Å². The standard InChI is InChI=1S/C2H5NO.Al.3ClH/c1-2(3)4;;;;/h1H3,(H2,3,4);;3*1H/q;+3;;;/p-3. The number of primary amides is 1. The normalized spacial score (nSPS) is 3.12. The van der Waals surface area contributed by atoms with Crippen LogP contribution in [0.25, 0.3) is 0 Å². The van der Waals surface area contributed by atoms with Gasteiger partial charge in [-0.1, -0.05) is 0 Å². The molecule has 0 aliphatic rings. The largest absolute Gasteiger partial charge is 3.00 e. The van der Waals surface area contributed by atoms with Gasteiger partial charge in [-0.15, -0.1) is 0 Å². The number of carbonyl (C=O) groups excluding carboxylic acids is 1. The van der Waals surface area contributed by atoms with Crippen molar-refractivity contribution in [1.82, 2.24) is 0 Å². The molecular weight excluding hydrogens is 187 g/mol. The van der Waals surface area contributed by atoms with Crippen molar-refractivity contribution in [2.75, 3.05) is 0 Å². The van der Waals surface area contributed by atoms with Crippen LogP contribution >= 0.6 is 0 Å². The van der Waals surface area contributed by atoms with Crippen LogP contribution in [0.3, 0.4) is 0 Å². The molecule has 0 aromatic heterocycles. The number of hydrogen-bond acceptors (Lipinski definition) is 1. The number of halogens is 3. The fourth-order valence-corrected chi connectivity index (χ4v) is 0. The van der Waals surface area contributed by atoms with Crippen LogP contribution < -0.4 is 43.0 Å². The van der Waals surface area contributed by atoms with E-state index in [0.29, 0.717) is 0 Å². The van der Waals surface area contributed by atoms with Gasteiger partial charge in [-0.2, -0.15) is 0 Å². The molecule has 0 aromatic carbocycles. The monoisotopic (exact) mass is 191 g/mol. The summed E-state index contributed by atoms with van der Waals surface area (Å²) >= 11 is 0. The summed E-state index contributed by atoms with van der Waals surface area (Å²) in [5.41, 5.74) is 4.47. The van der Waals surface area contributed by atoms with E-state index in [2.05, 4.69) is 5.73 Å². The summed E-state index contributed by atoms with van der Waals surface area (Å²) in [7, 11) is 0. The van der Waals surface area contributed by atoms with Gasteiger partial charge in [0.15, 0.2) is 0 Å². The molecule has 0 bridgehead atoms. The van der Waals surface area contributed by atoms with Crippen molar-refractivity contribution in [1.29, 1.82) is 0 Å². The van der Waals surface area contributed by atoms with Gasteiger partial charge in [0.2, 0.25) is 5.91 Å². The first-order valence-electron chi connectivity index (χ1n) is 0.993. The maximum absolute atomic E-state index is 9.22. The summed E-state index contributed by atoms with van der Waals surface area (Å²) in [6.07, 6.45) is 0. The molecule has 0 fully saturated rings. The average molecular weight is 192 g/mol. The molecule has 8 heavy (non-hydrogen) atoms. The van der Waals surface area contributed by atoms with Gasteiger partial charge in [0.05, 0.1) is 0 Å². The Balaban J connectivity index is -0.00000000750. The number of hydrogen-bond donors (Lipinski definition) is 1. The molecule has 1 amide bonds. The van der Waals surface area contributed by atoms with Gasteiger partial charge in [0.1, 0.15) is 0 Å². The zero-order valence-electron chi connectivity index (χ0n) is 4.20. The topological polar surface area (TPSA) is 43.1 Å². The van der Waals surface area contributed by atoms with Gasteiger partial charge in [-0.25, -0.2) is 0 Å². The van der Waals surface area contributed by atoms with Crippen LogP contribution in [0.4, 0.5) is 0 Å². The Labute approximate surface area is 77.9 Å². The zero-order chi connectivity index (χ0) is 3.58. The Morgan fingerprint density at radius 1 is 1.25 bits per heavy atom. The van der Waals surface area contributed by atoms with E-state index >= 15 is 0 Å². The summed E-state index contributed by atoms with van der Waals surface area (Å²) in [5, 5.41) is 0. The molecule has 48 valence electrons. The van der Waals surface area contributed by atoms with Crippen molar-refractivity contribution in [2.45, 2.75) is 6.92 Å². The minimum Gasteiger partial charge on any atom is -1.00 e. The Morgan fingerprint density at radius 3 is 1.25 bits per heavy atom. The van der Waals surface area contributed by atoms with Crippen molar-refractivity contribution in [3.05, 3.63) is 0 Å². The van der Waals surface area contributed by atoms with E-state index < -0.39 is 0 Å². The second kappa shape index (κ2) is 24.8. The quantitative estimate of drug-likeness (QED) is 0.381. The summed E-state index contributed by atoms with van der Waals surface area (Å²) in [4.78, 5) is 9.22. The van der Waals surface area contributed by atoms with Gasteiger partial charge in [-0.3, -0.25) is 4.79 Å². The Hall–Kier alpha value is 0.872. The van der Waals surface area contributed by atoms with Crippen LogP contribution in [0.5, 0.6) is 0 Å². The summed E-state index contributed by atoms with van der Waals surface area (Å²) < 4.78 is 0. The van der Waals surface area contributed by atoms with Crippen LogP contribution in [0, 0.1) is 0 Å². The molecule has 0 atom stereocenters. The van der Waals surface area contributed by atoms with Crippen LogP contribution in [0.15, 0.2) is 0 Å². The van der Waals surface area contributed by atoms with Crippen LogP contribution in [0.2, 0.25) is 0 Å². The third-order valence-corrected chi connectivity index (χ3v) is 0. The molecule has 0 aliphatic heterocycles. The summed E-state index contributed by atoms with van der Waals surface area (Å²) in [5.74, 6) is -0.333. The van der Waals surface area contributed by atoms with Crippen molar-refractivity contribution in [3.8, 4) is 0 Å². The first-order valence-corrected chi connectivity index (χ1v) is 0.993. The van der Waals surface area contributed by atoms with Gasteiger partial charge in [0, 0.05) is 6.92 Å². The maximum atomic E-state index is 9.22. The SMILES string of the molecule is CC(N)=O.[Al+3].[Cl-].[Cl-].[Cl-]. The Bertz CT molecular complexity index is 40.3. The van der Waals surface area contributed by atoms with Crippen LogP contribution in [-0.4, -0.2) is 23.3 Å². The third-order valence-electron chi connectivity index (χ3n) is 0. The molecule has 0 spiro atoms. The Kier molecular flexibility index (Phi) is 114. The number of nitrogens with two attached hydrogens (primary N) is 1. The third kappa shape index (κ3) is 311. The molecule has 2 nitrogen and oxygen atoms in total. The molecule has 0 unspecified atom stereocenters. The first-order chi connectivity index (χ1) is 1.73. The van der Waals surface area contributed by atoms with E-state index in [1.807, 2.05) is 0 Å². The van der Waals surface area contributed by atoms with Gasteiger partial charge < -0.3 is 43.0 Å². The minimum absolute atomic E-state index is 0. The predicted octanol–water partition coefficient (Wildman–Crippen LogP) is -9.88. The Morgan fingerprint density at radius 2 is 1.25 bits per heavy atom. The zero-order valence-corrected chi connectivity index (χ0v) is 7.62. The predicted molar refractivity (Wildman–Crippen MR) is 20.6 cm³/mol. The van der Waals surface area contributed by atoms with Gasteiger partial charge in [-0.05, 0) is 0 Å². The maximum Gasteiger partial charge on any atom is 3.00 e. The fraction of sp³-hybridized carbons (Fsp3) is 0.500. The van der Waals surface area contributed by atoms with E-state index in [4.69, 9.17) is 0 Å². The fourth-order valence-electron chi connectivity index (χ4n) is 0. The van der Waals surface area contributed by atoms with E-state index in [-0.39, 0.29) is 60.5 Å². The minimum atomic E-state index is -0.333. The molecular formula is C2H5AlCl3NO. The van der Waals surface area contributed by atoms with E-state index in [1.165, 1.54) is 6.92 Å². The van der Waals surface area contributed by atoms with Crippen molar-refractivity contribution >= 4 is 23.3 Å². The molecule has 0 aliphatic carbocycles. The molecule has 0 aromatic rings. The molecule has 0 heterocycles. The van der Waals surface area contributed by atoms with Crippen molar-refractivity contribution in [2.24, 2.45) is 5.73 Å². The molecule has 0 rings (SSSR count). The van der Waals surface area contributed by atoms with Crippen molar-refractivity contribution in [3.63, 3.8) is 0 Å². The number of carbonyl (C=O) groups is 1. The van der Waals surface area contributed by atoms with E-state index in [9.17, 15) is 4.79 Å². The smallest absolute Gasteiger partial charge is 1.00 e. The summed E-state index contributed by atoms with van der Waals surface area (Å²) in [6.45, 7) is 1.31. The van der Waals surface area contributed by atoms with Crippen molar-refractivity contribution < 1.29 is 42.0 Å². The molecule has 6 heteroatoms. The molecule has 0 radical (unpaired) electrons. The summed E-state index contributed by atoms with van der Waals surface area (Å²) in [6, 6.07) is 0. The second-order valence-electron chi connectivity index (χ2n) is 0.611.